The van der Waals surface area contributed by atoms with Crippen molar-refractivity contribution in [3.05, 3.63) is 358 Å². The molecule has 27 nitrogen and oxygen atoms in total. The zero-order valence-corrected chi connectivity index (χ0v) is 83.9. The van der Waals surface area contributed by atoms with E-state index in [-0.39, 0.29) is 96.9 Å². The topological polar surface area (TPSA) is 382 Å². The maximum absolute atomic E-state index is 13.3. The van der Waals surface area contributed by atoms with E-state index in [1.807, 2.05) is 282 Å². The van der Waals surface area contributed by atoms with E-state index in [4.69, 9.17) is 45.5 Å². The number of ether oxygens (including phenoxy) is 3. The van der Waals surface area contributed by atoms with Crippen LogP contribution in [0.3, 0.4) is 0 Å². The number of carbonyl (C=O) groups excluding carboxylic acids is 5. The molecule has 136 heavy (non-hydrogen) atoms. The van der Waals surface area contributed by atoms with Gasteiger partial charge in [-0.25, -0.2) is 20.3 Å². The van der Waals surface area contributed by atoms with Crippen molar-refractivity contribution in [2.24, 2.45) is 11.6 Å². The smallest absolute Gasteiger partial charge is 0.407 e. The van der Waals surface area contributed by atoms with Crippen molar-refractivity contribution in [3.63, 3.8) is 0 Å². The number of carboxylic acid groups (broad SMARTS) is 1. The Hall–Kier alpha value is -10.7. The number of alkyl carbamates (subject to hydrolysis) is 2. The number of hydroxylamine groups is 3. The predicted molar refractivity (Wildman–Crippen MR) is 549 cm³/mol. The average Bonchev–Trinajstić information content (AvgIpc) is 1.64. The number of aliphatic hydroxyl groups excluding tert-OH is 3. The molecule has 10 aromatic rings. The molecule has 10 aromatic carbocycles. The quantitative estimate of drug-likeness (QED) is 0.00555. The highest BCUT2D eigenvalue weighted by atomic mass is 127. The van der Waals surface area contributed by atoms with Crippen molar-refractivity contribution in [2.75, 3.05) is 59.0 Å². The van der Waals surface area contributed by atoms with E-state index in [9.17, 15) is 44.1 Å². The van der Waals surface area contributed by atoms with Gasteiger partial charge in [0.05, 0.1) is 75.0 Å². The Kier molecular flexibility index (Phi) is 60.7. The summed E-state index contributed by atoms with van der Waals surface area (Å²) in [4.78, 5) is 96.5. The Morgan fingerprint density at radius 3 is 1.07 bits per heavy atom. The Morgan fingerprint density at radius 2 is 0.735 bits per heavy atom. The maximum Gasteiger partial charge on any atom is 0.407 e. The van der Waals surface area contributed by atoms with Crippen LogP contribution in [0.2, 0.25) is 0 Å². The number of epoxide rings is 1. The van der Waals surface area contributed by atoms with Gasteiger partial charge in [0.1, 0.15) is 17.3 Å². The Labute approximate surface area is 828 Å². The number of nitrogens with two attached hydrogens (primary N) is 2. The summed E-state index contributed by atoms with van der Waals surface area (Å²) in [5, 5.41) is 48.8. The summed E-state index contributed by atoms with van der Waals surface area (Å²) >= 11 is 0. The van der Waals surface area contributed by atoms with E-state index < -0.39 is 53.7 Å². The predicted octanol–water partition coefficient (Wildman–Crippen LogP) is 16.8. The summed E-state index contributed by atoms with van der Waals surface area (Å²) in [6.07, 6.45) is 0.785. The van der Waals surface area contributed by atoms with Crippen LogP contribution in [0.25, 0.3) is 0 Å². The lowest BCUT2D eigenvalue weighted by Gasteiger charge is -2.27. The monoisotopic (exact) mass is 2000 g/mol. The molecule has 1 aliphatic heterocycles. The molecule has 29 heteroatoms. The first-order chi connectivity index (χ1) is 64.4. The Bertz CT molecular complexity index is 4790. The van der Waals surface area contributed by atoms with Gasteiger partial charge >= 0.3 is 18.2 Å². The molecule has 0 aliphatic carbocycles. The van der Waals surface area contributed by atoms with Crippen molar-refractivity contribution in [1.82, 2.24) is 42.2 Å². The number of benzene rings is 10. The van der Waals surface area contributed by atoms with Gasteiger partial charge in [-0.2, -0.15) is 16.4 Å². The molecular formula is C107H146ClIN10O17. The number of aromatic carboxylic acids is 1. The zero-order valence-electron chi connectivity index (χ0n) is 80.7. The van der Waals surface area contributed by atoms with Crippen LogP contribution in [-0.2, 0) is 85.7 Å². The fraction of sp³-hybridized carbons (Fsp3) is 0.383. The van der Waals surface area contributed by atoms with Crippen molar-refractivity contribution in [2.45, 2.75) is 208 Å². The first-order valence-electron chi connectivity index (χ1n) is 45.8. The van der Waals surface area contributed by atoms with Gasteiger partial charge in [0.2, 0.25) is 0 Å². The highest BCUT2D eigenvalue weighted by Gasteiger charge is 2.35. The van der Waals surface area contributed by atoms with Crippen LogP contribution in [0.5, 0.6) is 0 Å². The number of carboxylic acids is 1. The molecule has 0 bridgehead atoms. The minimum atomic E-state index is -1.02. The van der Waals surface area contributed by atoms with Gasteiger partial charge in [-0.05, 0) is 181 Å². The summed E-state index contributed by atoms with van der Waals surface area (Å²) in [6, 6.07) is 89.8. The van der Waals surface area contributed by atoms with Gasteiger partial charge < -0.3 is 66.1 Å². The highest BCUT2D eigenvalue weighted by Crippen LogP contribution is 2.21. The van der Waals surface area contributed by atoms with Gasteiger partial charge in [0, 0.05) is 55.5 Å². The van der Waals surface area contributed by atoms with Crippen molar-refractivity contribution in [1.29, 1.82) is 0 Å². The molecule has 1 fully saturated rings. The Balaban J connectivity index is 0.000000432. The number of amides is 4. The largest absolute Gasteiger partial charge is 0.478 e. The van der Waals surface area contributed by atoms with E-state index in [0.29, 0.717) is 88.6 Å². The van der Waals surface area contributed by atoms with Crippen LogP contribution in [0.15, 0.2) is 291 Å². The lowest BCUT2D eigenvalue weighted by molar-refractivity contribution is -0.00681. The van der Waals surface area contributed by atoms with Crippen molar-refractivity contribution >= 4 is 72.1 Å². The molecule has 4 amide bonds. The molecule has 14 N–H and O–H groups in total. The van der Waals surface area contributed by atoms with Crippen LogP contribution < -0.4 is 44.0 Å². The summed E-state index contributed by atoms with van der Waals surface area (Å²) in [7, 11) is 0. The van der Waals surface area contributed by atoms with Crippen LogP contribution in [0, 0.1) is 0 Å². The number of hydrogen-bond acceptors (Lipinski definition) is 22. The fourth-order valence-corrected chi connectivity index (χ4v) is 13.0. The minimum Gasteiger partial charge on any atom is -0.478 e. The lowest BCUT2D eigenvalue weighted by atomic mass is 10.0. The first kappa shape index (κ1) is 119. The van der Waals surface area contributed by atoms with E-state index in [1.165, 1.54) is 44.3 Å². The molecule has 0 saturated carbocycles. The van der Waals surface area contributed by atoms with Gasteiger partial charge in [-0.3, -0.25) is 33.7 Å². The standard InChI is InChI=1S/C31H39N3O4.C22H30N2O4.C17H22N2O2.C15H21NO3.C9H8O3.C7H9NO.C6H15N.ClH.HI/c1-3-18-34(19-4-2)31(37)27-17-11-16-26(21-27)30(36)33-28(20-24-12-7-5-8-13-24)29(35)22-32-38-23-25-14-9-6-10-15-25;1-22(2,3)28-21(26)24-19(14-17-10-6-4-7-11-17)20(25)15-23-27-16-18-12-8-5-9-13-18;18-16(11-14-7-3-1-4-8-14)17(20)12-19-21-13-15-9-5-2-6-10-15;1-15(2,3)19-14(17)16-12(13-10-18-13)9-11-7-5-4-6-8-11;1-6(10)7-3-2-4-8(5-7)9(11)12;8-9-6-7-4-2-1-3-5-7;1-4-7(5-2)6-3;;/h5-17,21,28-29,32,35H,3-4,18-20,22-23H2,1-2H3,(H,33,36);4-13,19-20,23,25H,14-16H2,1-3H3,(H,24,26);1-10,16-17,19-20H,11-13,18H2;4-8,12-13H,9-10H2,1-3H3,(H,16,17);2-5H,1H3,(H,11,12);1-5H,6,8H2;4-6H2,1-3H3;2*1H. The summed E-state index contributed by atoms with van der Waals surface area (Å²) < 4.78 is 15.9. The van der Waals surface area contributed by atoms with Gasteiger partial charge in [-0.15, -0.1) is 36.4 Å². The van der Waals surface area contributed by atoms with E-state index in [1.54, 1.807) is 57.2 Å². The number of rotatable bonds is 43. The van der Waals surface area contributed by atoms with Crippen molar-refractivity contribution in [3.8, 4) is 0 Å². The second kappa shape index (κ2) is 69.1. The molecule has 8 atom stereocenters. The van der Waals surface area contributed by atoms with E-state index in [2.05, 4.69) is 62.9 Å². The lowest BCUT2D eigenvalue weighted by Crippen LogP contribution is -2.50. The third-order valence-corrected chi connectivity index (χ3v) is 20.2. The second-order valence-electron chi connectivity index (χ2n) is 33.7. The molecule has 0 spiro atoms. The average molecular weight is 2010 g/mol. The summed E-state index contributed by atoms with van der Waals surface area (Å²) in [6.45, 7) is 30.9. The summed E-state index contributed by atoms with van der Waals surface area (Å²) in [5.41, 5.74) is 23.2. The van der Waals surface area contributed by atoms with E-state index in [0.717, 1.165) is 58.2 Å². The zero-order chi connectivity index (χ0) is 97.7. The number of hydrogen-bond donors (Lipinski definition) is 12. The fourth-order valence-electron chi connectivity index (χ4n) is 13.0. The summed E-state index contributed by atoms with van der Waals surface area (Å²) in [5.74, 6) is 3.29. The van der Waals surface area contributed by atoms with Crippen LogP contribution in [0.1, 0.15) is 182 Å². The van der Waals surface area contributed by atoms with Crippen LogP contribution in [0.4, 0.5) is 9.59 Å². The molecule has 8 unspecified atom stereocenters. The maximum atomic E-state index is 13.3. The number of nitrogens with zero attached hydrogens (tertiary/aromatic N) is 2. The SMILES string of the molecule is CC(=O)c1cccc(C(=O)O)c1.CC(C)(C)OC(=O)NC(Cc1ccccc1)C(O)CNOCc1ccccc1.CC(C)(C)OC(=O)NC(Cc1ccccc1)C1CO1.CCCN(CCC)C(=O)c1cccc(C(=O)NC(Cc2ccccc2)C(O)CNOCc2ccccc2)c1.CCN(CC)CC.Cl.I.NC(Cc1ccccc1)C(O)CNOCc1ccccc1.NOCc1ccccc1. The molecule has 1 aliphatic rings. The number of aliphatic hydroxyl groups is 3. The van der Waals surface area contributed by atoms with Crippen LogP contribution >= 0.6 is 36.4 Å². The number of Topliss-reactive ketones (excluding diaryl/α,β-unsaturated/α-hetero) is 1. The highest BCUT2D eigenvalue weighted by molar-refractivity contribution is 14.0. The molecule has 0 radical (unpaired) electrons. The molecule has 0 aromatic heterocycles. The molecular weight excluding hydrogens is 1860 g/mol. The number of ketones is 1. The number of carbonyl (C=O) groups is 6. The first-order valence-corrected chi connectivity index (χ1v) is 45.8. The molecule has 740 valence electrons. The third-order valence-electron chi connectivity index (χ3n) is 20.2. The molecule has 1 heterocycles. The normalized spacial score (nSPS) is 13.1. The van der Waals surface area contributed by atoms with Crippen molar-refractivity contribution < 1.29 is 82.8 Å². The minimum absolute atomic E-state index is 0. The third kappa shape index (κ3) is 53.1. The van der Waals surface area contributed by atoms with Crippen LogP contribution in [-0.4, -0.2) is 185 Å². The van der Waals surface area contributed by atoms with E-state index >= 15 is 0 Å². The molecule has 11 rings (SSSR count). The second-order valence-corrected chi connectivity index (χ2v) is 33.7. The Morgan fingerprint density at radius 1 is 0.419 bits per heavy atom. The number of halogens is 2. The molecule has 1 saturated heterocycles. The number of nitrogens with one attached hydrogen (secondary N) is 6. The van der Waals surface area contributed by atoms with Gasteiger partial charge in [-0.1, -0.05) is 295 Å². The van der Waals surface area contributed by atoms with Gasteiger partial charge in [0.15, 0.2) is 5.78 Å². The van der Waals surface area contributed by atoms with Gasteiger partial charge in [0.25, 0.3) is 11.8 Å².